The van der Waals surface area contributed by atoms with Crippen molar-refractivity contribution in [2.75, 3.05) is 11.4 Å². The molecule has 3 rings (SSSR count). The number of nitrogens with zero attached hydrogens (tertiary/aromatic N) is 6. The number of aryl methyl sites for hydroxylation is 1. The molecule has 1 atom stereocenters. The molecule has 7 heteroatoms. The van der Waals surface area contributed by atoms with Crippen LogP contribution >= 0.6 is 0 Å². The Labute approximate surface area is 116 Å². The van der Waals surface area contributed by atoms with Crippen LogP contribution in [0.15, 0.2) is 12.4 Å². The van der Waals surface area contributed by atoms with Crippen molar-refractivity contribution in [2.24, 2.45) is 0 Å². The molecule has 1 saturated heterocycles. The predicted molar refractivity (Wildman–Crippen MR) is 71.8 cm³/mol. The fourth-order valence-corrected chi connectivity index (χ4v) is 2.51. The minimum atomic E-state index is 0.121. The van der Waals surface area contributed by atoms with E-state index in [1.807, 2.05) is 13.0 Å². The highest BCUT2D eigenvalue weighted by molar-refractivity contribution is 5.40. The van der Waals surface area contributed by atoms with Gasteiger partial charge in [0.1, 0.15) is 17.7 Å². The highest BCUT2D eigenvalue weighted by atomic mass is 15.3. The number of piperidine rings is 1. The molecule has 1 N–H and O–H groups in total. The Morgan fingerprint density at radius 1 is 1.35 bits per heavy atom. The standard InChI is InChI=1S/C13H15N7/c1-9-17-13(19-18-9)11-4-2-3-5-20(11)12-8-15-10(6-14)7-16-12/h7-8,11H,2-5H2,1H3,(H,17,18,19)/t11-/m1/s1. The lowest BCUT2D eigenvalue weighted by Crippen LogP contribution is -2.34. The number of aromatic nitrogens is 5. The van der Waals surface area contributed by atoms with Gasteiger partial charge in [-0.2, -0.15) is 10.4 Å². The van der Waals surface area contributed by atoms with Crippen molar-refractivity contribution in [3.05, 3.63) is 29.7 Å². The van der Waals surface area contributed by atoms with Crippen LogP contribution in [0.2, 0.25) is 0 Å². The van der Waals surface area contributed by atoms with Crippen molar-refractivity contribution in [3.63, 3.8) is 0 Å². The maximum absolute atomic E-state index is 8.78. The molecule has 1 aliphatic heterocycles. The molecule has 0 amide bonds. The first kappa shape index (κ1) is 12.5. The van der Waals surface area contributed by atoms with Gasteiger partial charge in [0.15, 0.2) is 11.5 Å². The largest absolute Gasteiger partial charge is 0.345 e. The second-order valence-corrected chi connectivity index (χ2v) is 4.86. The average Bonchev–Trinajstić information content (AvgIpc) is 2.94. The van der Waals surface area contributed by atoms with Crippen LogP contribution in [0.3, 0.4) is 0 Å². The molecule has 2 aromatic heterocycles. The highest BCUT2D eigenvalue weighted by Crippen LogP contribution is 2.31. The molecule has 0 unspecified atom stereocenters. The molecule has 2 aromatic rings. The molecule has 7 nitrogen and oxygen atoms in total. The molecule has 0 radical (unpaired) electrons. The molecule has 0 spiro atoms. The van der Waals surface area contributed by atoms with E-state index in [9.17, 15) is 0 Å². The second-order valence-electron chi connectivity index (χ2n) is 4.86. The third kappa shape index (κ3) is 2.32. The molecule has 102 valence electrons. The van der Waals surface area contributed by atoms with E-state index in [1.165, 1.54) is 6.20 Å². The molecular weight excluding hydrogens is 254 g/mol. The van der Waals surface area contributed by atoms with Gasteiger partial charge in [0.05, 0.1) is 18.4 Å². The zero-order valence-corrected chi connectivity index (χ0v) is 11.2. The summed E-state index contributed by atoms with van der Waals surface area (Å²) in [5.74, 6) is 2.39. The minimum Gasteiger partial charge on any atom is -0.345 e. The van der Waals surface area contributed by atoms with E-state index in [2.05, 4.69) is 30.0 Å². The number of hydrogen-bond acceptors (Lipinski definition) is 6. The summed E-state index contributed by atoms with van der Waals surface area (Å²) >= 11 is 0. The highest BCUT2D eigenvalue weighted by Gasteiger charge is 2.28. The van der Waals surface area contributed by atoms with Crippen LogP contribution in [0.1, 0.15) is 42.6 Å². The fourth-order valence-electron chi connectivity index (χ4n) is 2.51. The Kier molecular flexibility index (Phi) is 3.29. The summed E-state index contributed by atoms with van der Waals surface area (Å²) in [6.45, 7) is 2.80. The Bertz CT molecular complexity index is 625. The summed E-state index contributed by atoms with van der Waals surface area (Å²) in [5.41, 5.74) is 0.330. The number of anilines is 1. The van der Waals surface area contributed by atoms with Crippen molar-refractivity contribution in [2.45, 2.75) is 32.2 Å². The summed E-state index contributed by atoms with van der Waals surface area (Å²) in [6.07, 6.45) is 6.42. The van der Waals surface area contributed by atoms with Crippen LogP contribution in [-0.2, 0) is 0 Å². The van der Waals surface area contributed by atoms with Gasteiger partial charge in [-0.25, -0.2) is 15.0 Å². The van der Waals surface area contributed by atoms with Gasteiger partial charge in [-0.3, -0.25) is 5.10 Å². The quantitative estimate of drug-likeness (QED) is 0.888. The van der Waals surface area contributed by atoms with E-state index in [4.69, 9.17) is 5.26 Å². The van der Waals surface area contributed by atoms with Crippen LogP contribution in [0.4, 0.5) is 5.82 Å². The topological polar surface area (TPSA) is 94.4 Å². The molecule has 0 saturated carbocycles. The molecule has 1 fully saturated rings. The molecule has 0 aliphatic carbocycles. The molecule has 3 heterocycles. The van der Waals surface area contributed by atoms with Gasteiger partial charge in [0.25, 0.3) is 0 Å². The van der Waals surface area contributed by atoms with Crippen molar-refractivity contribution in [1.82, 2.24) is 25.1 Å². The average molecular weight is 269 g/mol. The van der Waals surface area contributed by atoms with Crippen molar-refractivity contribution in [3.8, 4) is 6.07 Å². The number of H-pyrrole nitrogens is 1. The lowest BCUT2D eigenvalue weighted by Gasteiger charge is -2.34. The van der Waals surface area contributed by atoms with Crippen molar-refractivity contribution >= 4 is 5.82 Å². The van der Waals surface area contributed by atoms with Crippen LogP contribution < -0.4 is 4.90 Å². The summed E-state index contributed by atoms with van der Waals surface area (Å²) in [6, 6.07) is 2.10. The zero-order valence-electron chi connectivity index (χ0n) is 11.2. The van der Waals surface area contributed by atoms with Crippen LogP contribution in [0.25, 0.3) is 0 Å². The van der Waals surface area contributed by atoms with Gasteiger partial charge < -0.3 is 4.90 Å². The van der Waals surface area contributed by atoms with Gasteiger partial charge >= 0.3 is 0 Å². The SMILES string of the molecule is Cc1nc([C@H]2CCCCN2c2cnc(C#N)cn2)n[nH]1. The second kappa shape index (κ2) is 5.25. The predicted octanol–water partition coefficient (Wildman–Crippen LogP) is 1.51. The van der Waals surface area contributed by atoms with Gasteiger partial charge in [-0.15, -0.1) is 0 Å². The Hall–Kier alpha value is -2.49. The lowest BCUT2D eigenvalue weighted by atomic mass is 10.0. The third-order valence-corrected chi connectivity index (χ3v) is 3.46. The van der Waals surface area contributed by atoms with Gasteiger partial charge in [-0.05, 0) is 26.2 Å². The molecule has 20 heavy (non-hydrogen) atoms. The number of aromatic amines is 1. The van der Waals surface area contributed by atoms with Crippen LogP contribution in [0, 0.1) is 18.3 Å². The minimum absolute atomic E-state index is 0.121. The first-order valence-electron chi connectivity index (χ1n) is 6.65. The Morgan fingerprint density at radius 3 is 2.90 bits per heavy atom. The van der Waals surface area contributed by atoms with E-state index >= 15 is 0 Å². The molecule has 0 bridgehead atoms. The van der Waals surface area contributed by atoms with E-state index in [0.717, 1.165) is 43.3 Å². The number of rotatable bonds is 2. The van der Waals surface area contributed by atoms with Crippen molar-refractivity contribution < 1.29 is 0 Å². The smallest absolute Gasteiger partial charge is 0.173 e. The number of nitriles is 1. The van der Waals surface area contributed by atoms with E-state index in [-0.39, 0.29) is 6.04 Å². The van der Waals surface area contributed by atoms with Crippen molar-refractivity contribution in [1.29, 1.82) is 5.26 Å². The normalized spacial score (nSPS) is 18.8. The van der Waals surface area contributed by atoms with E-state index < -0.39 is 0 Å². The maximum atomic E-state index is 8.78. The van der Waals surface area contributed by atoms with Gasteiger partial charge in [0.2, 0.25) is 0 Å². The van der Waals surface area contributed by atoms with Gasteiger partial charge in [-0.1, -0.05) is 0 Å². The maximum Gasteiger partial charge on any atom is 0.173 e. The number of nitrogens with one attached hydrogen (secondary N) is 1. The molecular formula is C13H15N7. The van der Waals surface area contributed by atoms with E-state index in [1.54, 1.807) is 6.20 Å². The molecule has 0 aromatic carbocycles. The van der Waals surface area contributed by atoms with E-state index in [0.29, 0.717) is 5.69 Å². The number of hydrogen-bond donors (Lipinski definition) is 1. The molecule has 1 aliphatic rings. The first-order valence-corrected chi connectivity index (χ1v) is 6.65. The summed E-state index contributed by atoms with van der Waals surface area (Å²) in [5, 5.41) is 15.9. The van der Waals surface area contributed by atoms with Gasteiger partial charge in [0, 0.05) is 6.54 Å². The first-order chi connectivity index (χ1) is 9.78. The monoisotopic (exact) mass is 269 g/mol. The lowest BCUT2D eigenvalue weighted by molar-refractivity contribution is 0.453. The summed E-state index contributed by atoms with van der Waals surface area (Å²) in [7, 11) is 0. The Balaban J connectivity index is 1.90. The summed E-state index contributed by atoms with van der Waals surface area (Å²) < 4.78 is 0. The Morgan fingerprint density at radius 2 is 2.25 bits per heavy atom. The third-order valence-electron chi connectivity index (χ3n) is 3.46. The van der Waals surface area contributed by atoms with Crippen LogP contribution in [-0.4, -0.2) is 31.7 Å². The fraction of sp³-hybridized carbons (Fsp3) is 0.462. The van der Waals surface area contributed by atoms with Crippen LogP contribution in [0.5, 0.6) is 0 Å². The summed E-state index contributed by atoms with van der Waals surface area (Å²) in [4.78, 5) is 15.0. The zero-order chi connectivity index (χ0) is 13.9.